The largest absolute Gasteiger partial charge is 0.474 e. The number of alkyl halides is 3. The molecule has 34 heavy (non-hydrogen) atoms. The van der Waals surface area contributed by atoms with Crippen LogP contribution in [0.15, 0.2) is 48.5 Å². The van der Waals surface area contributed by atoms with Crippen molar-refractivity contribution in [1.82, 2.24) is 0 Å². The van der Waals surface area contributed by atoms with Gasteiger partial charge in [0, 0.05) is 5.56 Å². The normalized spacial score (nSPS) is 15.6. The fourth-order valence-electron chi connectivity index (χ4n) is 3.58. The summed E-state index contributed by atoms with van der Waals surface area (Å²) in [6, 6.07) is 11.6. The number of halogens is 3. The van der Waals surface area contributed by atoms with Crippen LogP contribution >= 0.6 is 0 Å². The number of benzene rings is 2. The third-order valence-electron chi connectivity index (χ3n) is 5.27. The van der Waals surface area contributed by atoms with E-state index in [1.54, 1.807) is 24.3 Å². The highest BCUT2D eigenvalue weighted by molar-refractivity contribution is 7.85. The molecular weight excluding hydrogens is 473 g/mol. The maximum absolute atomic E-state index is 13.7. The molecule has 2 aromatic carbocycles. The van der Waals surface area contributed by atoms with Crippen molar-refractivity contribution in [2.24, 2.45) is 0 Å². The molecule has 1 N–H and O–H groups in total. The second kappa shape index (κ2) is 10.5. The molecule has 182 valence electrons. The molecule has 0 heterocycles. The molecule has 0 saturated heterocycles. The molecule has 0 atom stereocenters. The van der Waals surface area contributed by atoms with E-state index >= 15 is 0 Å². The predicted octanol–water partition coefficient (Wildman–Crippen LogP) is 4.88. The minimum Gasteiger partial charge on any atom is -0.474 e. The van der Waals surface area contributed by atoms with Crippen LogP contribution in [0.3, 0.4) is 0 Å². The molecule has 1 aliphatic carbocycles. The summed E-state index contributed by atoms with van der Waals surface area (Å²) in [6.45, 7) is -0.651. The monoisotopic (exact) mass is 496 g/mol. The minimum atomic E-state index is -4.74. The Balaban J connectivity index is 1.93. The molecule has 1 saturated carbocycles. The molecule has 2 aromatic rings. The first-order valence-electron chi connectivity index (χ1n) is 10.6. The first-order valence-corrected chi connectivity index (χ1v) is 12.2. The van der Waals surface area contributed by atoms with Gasteiger partial charge in [0.25, 0.3) is 10.1 Å². The Bertz CT molecular complexity index is 1170. The zero-order valence-electron chi connectivity index (χ0n) is 18.1. The first-order chi connectivity index (χ1) is 16.0. The van der Waals surface area contributed by atoms with Crippen LogP contribution in [0.2, 0.25) is 0 Å². The van der Waals surface area contributed by atoms with Gasteiger partial charge in [-0.2, -0.15) is 21.6 Å². The Hall–Kier alpha value is -3.03. The van der Waals surface area contributed by atoms with Gasteiger partial charge in [-0.25, -0.2) is 4.79 Å². The lowest BCUT2D eigenvalue weighted by Crippen LogP contribution is -2.37. The fourth-order valence-corrected chi connectivity index (χ4v) is 3.88. The standard InChI is InChI=1S/C24H23F3O6S/c25-24(26,27)20-10-9-19(22(28)32-15-16-34(29,30)31)17-21(20)33-23(12-5-2-6-13-23)14-11-18-7-3-1-4-8-18/h1,3-4,7-10,17H,2,5-6,12-13,15-16H2,(H,29,30,31). The predicted molar refractivity (Wildman–Crippen MR) is 118 cm³/mol. The van der Waals surface area contributed by atoms with Crippen molar-refractivity contribution >= 4 is 16.1 Å². The van der Waals surface area contributed by atoms with Gasteiger partial charge in [-0.05, 0) is 56.0 Å². The summed E-state index contributed by atoms with van der Waals surface area (Å²) in [5.41, 5.74) is -1.78. The van der Waals surface area contributed by atoms with Gasteiger partial charge in [-0.15, -0.1) is 0 Å². The Morgan fingerprint density at radius 1 is 1.06 bits per heavy atom. The van der Waals surface area contributed by atoms with Gasteiger partial charge in [-0.1, -0.05) is 36.5 Å². The summed E-state index contributed by atoms with van der Waals surface area (Å²) in [4.78, 5) is 12.3. The summed E-state index contributed by atoms with van der Waals surface area (Å²) in [5, 5.41) is 0. The van der Waals surface area contributed by atoms with Gasteiger partial charge < -0.3 is 9.47 Å². The highest BCUT2D eigenvalue weighted by Crippen LogP contribution is 2.41. The van der Waals surface area contributed by atoms with Crippen LogP contribution in [0, 0.1) is 11.8 Å². The SMILES string of the molecule is O=C(OCCS(=O)(=O)O)c1ccc(C(F)(F)F)c(OC2(C#Cc3ccccc3)CCCCC2)c1. The van der Waals surface area contributed by atoms with E-state index in [1.165, 1.54) is 0 Å². The molecule has 0 unspecified atom stereocenters. The summed E-state index contributed by atoms with van der Waals surface area (Å²) < 4.78 is 82.2. The topological polar surface area (TPSA) is 89.9 Å². The molecule has 0 amide bonds. The van der Waals surface area contributed by atoms with Crippen LogP contribution in [0.1, 0.15) is 53.6 Å². The number of hydrogen-bond donors (Lipinski definition) is 1. The summed E-state index contributed by atoms with van der Waals surface area (Å²) >= 11 is 0. The molecule has 3 rings (SSSR count). The molecule has 1 fully saturated rings. The van der Waals surface area contributed by atoms with Crippen molar-refractivity contribution in [1.29, 1.82) is 0 Å². The second-order valence-corrected chi connectivity index (χ2v) is 9.48. The van der Waals surface area contributed by atoms with E-state index in [4.69, 9.17) is 14.0 Å². The van der Waals surface area contributed by atoms with Crippen LogP contribution in [-0.4, -0.2) is 36.9 Å². The van der Waals surface area contributed by atoms with Crippen molar-refractivity contribution in [2.75, 3.05) is 12.4 Å². The summed E-state index contributed by atoms with van der Waals surface area (Å²) in [6.07, 6.45) is -1.54. The molecular formula is C24H23F3O6S. The quantitative estimate of drug-likeness (QED) is 0.348. The molecule has 0 radical (unpaired) electrons. The molecule has 0 aromatic heterocycles. The van der Waals surface area contributed by atoms with Gasteiger partial charge in [0.1, 0.15) is 18.1 Å². The molecule has 1 aliphatic rings. The lowest BCUT2D eigenvalue weighted by atomic mass is 9.84. The molecule has 6 nitrogen and oxygen atoms in total. The van der Waals surface area contributed by atoms with Crippen molar-refractivity contribution in [3.63, 3.8) is 0 Å². The molecule has 0 spiro atoms. The Kier molecular flexibility index (Phi) is 7.89. The number of carbonyl (C=O) groups excluding carboxylic acids is 1. The van der Waals surface area contributed by atoms with Gasteiger partial charge in [0.15, 0.2) is 5.60 Å². The average molecular weight is 497 g/mol. The summed E-state index contributed by atoms with van der Waals surface area (Å²) in [7, 11) is -4.36. The number of carbonyl (C=O) groups is 1. The van der Waals surface area contributed by atoms with Crippen LogP contribution < -0.4 is 4.74 Å². The highest BCUT2D eigenvalue weighted by atomic mass is 32.2. The fraction of sp³-hybridized carbons (Fsp3) is 0.375. The van der Waals surface area contributed by atoms with E-state index in [0.717, 1.165) is 37.5 Å². The Morgan fingerprint density at radius 2 is 1.74 bits per heavy atom. The molecule has 0 bridgehead atoms. The third kappa shape index (κ3) is 7.23. The van der Waals surface area contributed by atoms with E-state index in [-0.39, 0.29) is 5.56 Å². The minimum absolute atomic E-state index is 0.250. The Labute approximate surface area is 195 Å². The smallest absolute Gasteiger partial charge is 0.419 e. The molecule has 10 heteroatoms. The van der Waals surface area contributed by atoms with Crippen molar-refractivity contribution in [3.8, 4) is 17.6 Å². The number of rotatable bonds is 6. The van der Waals surface area contributed by atoms with Crippen LogP contribution in [0.5, 0.6) is 5.75 Å². The Morgan fingerprint density at radius 3 is 2.35 bits per heavy atom. The van der Waals surface area contributed by atoms with Gasteiger partial charge >= 0.3 is 12.1 Å². The van der Waals surface area contributed by atoms with E-state index < -0.39 is 51.5 Å². The van der Waals surface area contributed by atoms with Crippen LogP contribution in [0.25, 0.3) is 0 Å². The van der Waals surface area contributed by atoms with E-state index in [9.17, 15) is 26.4 Å². The van der Waals surface area contributed by atoms with Gasteiger partial charge in [0.05, 0.1) is 11.1 Å². The van der Waals surface area contributed by atoms with E-state index in [1.807, 2.05) is 6.07 Å². The molecule has 0 aliphatic heterocycles. The van der Waals surface area contributed by atoms with Crippen molar-refractivity contribution < 1.29 is 40.4 Å². The number of hydrogen-bond acceptors (Lipinski definition) is 5. The van der Waals surface area contributed by atoms with E-state index in [0.29, 0.717) is 18.4 Å². The van der Waals surface area contributed by atoms with Gasteiger partial charge in [0.2, 0.25) is 0 Å². The van der Waals surface area contributed by atoms with Gasteiger partial charge in [-0.3, -0.25) is 4.55 Å². The lowest BCUT2D eigenvalue weighted by molar-refractivity contribution is -0.139. The number of ether oxygens (including phenoxy) is 2. The maximum atomic E-state index is 13.7. The third-order valence-corrected chi connectivity index (χ3v) is 5.95. The van der Waals surface area contributed by atoms with Crippen LogP contribution in [-0.2, 0) is 21.0 Å². The second-order valence-electron chi connectivity index (χ2n) is 7.90. The van der Waals surface area contributed by atoms with Crippen molar-refractivity contribution in [2.45, 2.75) is 43.9 Å². The zero-order chi connectivity index (χ0) is 24.8. The first kappa shape index (κ1) is 25.6. The maximum Gasteiger partial charge on any atom is 0.419 e. The average Bonchev–Trinajstić information content (AvgIpc) is 2.77. The van der Waals surface area contributed by atoms with Crippen LogP contribution in [0.4, 0.5) is 13.2 Å². The lowest BCUT2D eigenvalue weighted by Gasteiger charge is -2.34. The summed E-state index contributed by atoms with van der Waals surface area (Å²) in [5.74, 6) is 3.58. The highest BCUT2D eigenvalue weighted by Gasteiger charge is 2.39. The van der Waals surface area contributed by atoms with Crippen molar-refractivity contribution in [3.05, 3.63) is 65.2 Å². The van der Waals surface area contributed by atoms with E-state index in [2.05, 4.69) is 11.8 Å². The zero-order valence-corrected chi connectivity index (χ0v) is 18.9. The number of esters is 1.